The Hall–Kier alpha value is -3.87. The van der Waals surface area contributed by atoms with E-state index < -0.39 is 23.4 Å². The molecule has 0 bridgehead atoms. The van der Waals surface area contributed by atoms with E-state index in [9.17, 15) is 14.4 Å². The van der Waals surface area contributed by atoms with Gasteiger partial charge in [-0.05, 0) is 75.6 Å². The molecule has 0 radical (unpaired) electrons. The minimum Gasteiger partial charge on any atom is -0.322 e. The molecule has 1 aliphatic heterocycles. The van der Waals surface area contributed by atoms with E-state index in [0.717, 1.165) is 27.6 Å². The number of amides is 4. The summed E-state index contributed by atoms with van der Waals surface area (Å²) in [4.78, 5) is 38.1. The van der Waals surface area contributed by atoms with Crippen LogP contribution in [0, 0.1) is 13.8 Å². The number of urea groups is 1. The monoisotopic (exact) mass is 430 g/mol. The normalized spacial score (nSPS) is 18.0. The number of rotatable bonds is 6. The third-order valence-corrected chi connectivity index (χ3v) is 5.89. The largest absolute Gasteiger partial charge is 0.344 e. The molecular formula is C25H26N4O3. The van der Waals surface area contributed by atoms with Crippen molar-refractivity contribution in [2.45, 2.75) is 39.2 Å². The zero-order valence-corrected chi connectivity index (χ0v) is 18.4. The van der Waals surface area contributed by atoms with Crippen molar-refractivity contribution in [2.75, 3.05) is 0 Å². The summed E-state index contributed by atoms with van der Waals surface area (Å²) in [7, 11) is 0. The number of benzene rings is 2. The molecule has 4 rings (SSSR count). The van der Waals surface area contributed by atoms with Gasteiger partial charge in [0.25, 0.3) is 11.8 Å². The van der Waals surface area contributed by atoms with Crippen LogP contribution in [0.15, 0.2) is 66.7 Å². The average molecular weight is 431 g/mol. The van der Waals surface area contributed by atoms with Crippen LogP contribution in [0.3, 0.4) is 0 Å². The first-order valence-electron chi connectivity index (χ1n) is 10.6. The molecule has 2 heterocycles. The van der Waals surface area contributed by atoms with Crippen LogP contribution in [0.1, 0.15) is 40.7 Å². The van der Waals surface area contributed by atoms with Crippen LogP contribution in [-0.2, 0) is 11.2 Å². The topological polar surface area (TPSA) is 83.4 Å². The van der Waals surface area contributed by atoms with E-state index >= 15 is 0 Å². The molecule has 1 aromatic heterocycles. The number of aryl methyl sites for hydroxylation is 3. The first-order valence-corrected chi connectivity index (χ1v) is 10.6. The second kappa shape index (κ2) is 8.34. The number of carbonyl (C=O) groups is 3. The molecule has 164 valence electrons. The highest BCUT2D eigenvalue weighted by atomic mass is 16.2. The fourth-order valence-electron chi connectivity index (χ4n) is 4.00. The highest BCUT2D eigenvalue weighted by Gasteiger charge is 2.48. The smallest absolute Gasteiger partial charge is 0.322 e. The summed E-state index contributed by atoms with van der Waals surface area (Å²) in [6.07, 6.45) is 1.06. The zero-order chi connectivity index (χ0) is 22.9. The second-order valence-corrected chi connectivity index (χ2v) is 8.33. The van der Waals surface area contributed by atoms with Gasteiger partial charge in [-0.15, -0.1) is 0 Å². The molecule has 1 saturated heterocycles. The van der Waals surface area contributed by atoms with Gasteiger partial charge in [-0.3, -0.25) is 15.0 Å². The minimum absolute atomic E-state index is 0.356. The van der Waals surface area contributed by atoms with Crippen LogP contribution >= 0.6 is 0 Å². The maximum atomic E-state index is 12.9. The zero-order valence-electron chi connectivity index (χ0n) is 18.4. The Morgan fingerprint density at radius 1 is 0.938 bits per heavy atom. The third-order valence-electron chi connectivity index (χ3n) is 5.89. The maximum absolute atomic E-state index is 12.9. The van der Waals surface area contributed by atoms with Gasteiger partial charge >= 0.3 is 6.03 Å². The van der Waals surface area contributed by atoms with E-state index in [-0.39, 0.29) is 0 Å². The van der Waals surface area contributed by atoms with Crippen molar-refractivity contribution in [1.82, 2.24) is 20.3 Å². The average Bonchev–Trinajstić information content (AvgIpc) is 3.23. The van der Waals surface area contributed by atoms with Gasteiger partial charge in [-0.1, -0.05) is 30.3 Å². The number of hydrogen-bond acceptors (Lipinski definition) is 3. The van der Waals surface area contributed by atoms with Crippen LogP contribution in [0.5, 0.6) is 0 Å². The molecule has 7 nitrogen and oxygen atoms in total. The van der Waals surface area contributed by atoms with E-state index in [2.05, 4.69) is 15.3 Å². The van der Waals surface area contributed by atoms with Crippen molar-refractivity contribution in [3.63, 3.8) is 0 Å². The van der Waals surface area contributed by atoms with Crippen LogP contribution in [0.4, 0.5) is 4.79 Å². The lowest BCUT2D eigenvalue weighted by molar-refractivity contribution is -0.132. The molecule has 32 heavy (non-hydrogen) atoms. The van der Waals surface area contributed by atoms with Gasteiger partial charge in [0.2, 0.25) is 0 Å². The summed E-state index contributed by atoms with van der Waals surface area (Å²) in [6.45, 7) is 5.71. The van der Waals surface area contributed by atoms with Crippen LogP contribution in [-0.4, -0.2) is 33.0 Å². The predicted octanol–water partition coefficient (Wildman–Crippen LogP) is 3.68. The van der Waals surface area contributed by atoms with Crippen molar-refractivity contribution in [3.05, 3.63) is 89.2 Å². The van der Waals surface area contributed by atoms with Crippen molar-refractivity contribution in [2.24, 2.45) is 0 Å². The lowest BCUT2D eigenvalue weighted by Gasteiger charge is -2.21. The van der Waals surface area contributed by atoms with Crippen molar-refractivity contribution in [3.8, 4) is 5.69 Å². The number of hydrazine groups is 1. The summed E-state index contributed by atoms with van der Waals surface area (Å²) < 4.78 is 2.08. The molecule has 2 N–H and O–H groups in total. The van der Waals surface area contributed by atoms with Gasteiger partial charge in [-0.25, -0.2) is 4.79 Å². The molecule has 1 fully saturated rings. The number of aromatic nitrogens is 1. The predicted molar refractivity (Wildman–Crippen MR) is 121 cm³/mol. The fraction of sp³-hybridized carbons (Fsp3) is 0.240. The minimum atomic E-state index is -1.08. The summed E-state index contributed by atoms with van der Waals surface area (Å²) in [6, 6.07) is 20.2. The highest BCUT2D eigenvalue weighted by Crippen LogP contribution is 2.23. The van der Waals surface area contributed by atoms with Crippen molar-refractivity contribution in [1.29, 1.82) is 0 Å². The summed E-state index contributed by atoms with van der Waals surface area (Å²) >= 11 is 0. The number of hydrogen-bond donors (Lipinski definition) is 2. The Balaban J connectivity index is 1.43. The lowest BCUT2D eigenvalue weighted by atomic mass is 9.93. The van der Waals surface area contributed by atoms with E-state index in [4.69, 9.17) is 0 Å². The molecule has 1 aliphatic rings. The molecule has 3 aromatic rings. The van der Waals surface area contributed by atoms with Gasteiger partial charge in [0.1, 0.15) is 5.54 Å². The standard InChI is InChI=1S/C25H26N4O3/c1-17-9-10-18(2)28(17)21-13-11-20(12-14-21)22(30)27-29-23(31)25(3,26-24(29)32)16-15-19-7-5-4-6-8-19/h4-14H,15-16H2,1-3H3,(H,26,32)(H,27,30). The highest BCUT2D eigenvalue weighted by molar-refractivity contribution is 6.09. The van der Waals surface area contributed by atoms with E-state index in [1.807, 2.05) is 68.4 Å². The fourth-order valence-corrected chi connectivity index (χ4v) is 4.00. The van der Waals surface area contributed by atoms with Crippen molar-refractivity contribution < 1.29 is 14.4 Å². The molecule has 4 amide bonds. The molecule has 0 spiro atoms. The molecule has 7 heteroatoms. The van der Waals surface area contributed by atoms with Crippen LogP contribution < -0.4 is 10.7 Å². The SMILES string of the molecule is Cc1ccc(C)n1-c1ccc(C(=O)NN2C(=O)NC(C)(CCc3ccccc3)C2=O)cc1. The van der Waals surface area contributed by atoms with E-state index in [1.165, 1.54) is 0 Å². The molecule has 0 saturated carbocycles. The van der Waals surface area contributed by atoms with Crippen molar-refractivity contribution >= 4 is 17.8 Å². The molecule has 1 unspecified atom stereocenters. The van der Waals surface area contributed by atoms with E-state index in [0.29, 0.717) is 18.4 Å². The quantitative estimate of drug-likeness (QED) is 0.585. The Bertz CT molecular complexity index is 1150. The van der Waals surface area contributed by atoms with Gasteiger partial charge in [0, 0.05) is 22.6 Å². The Labute approximate surface area is 187 Å². The number of nitrogens with one attached hydrogen (secondary N) is 2. The molecule has 1 atom stereocenters. The Morgan fingerprint density at radius 2 is 1.56 bits per heavy atom. The van der Waals surface area contributed by atoms with Gasteiger partial charge in [-0.2, -0.15) is 5.01 Å². The van der Waals surface area contributed by atoms with Crippen LogP contribution in [0.25, 0.3) is 5.69 Å². The number of imide groups is 1. The molecule has 2 aromatic carbocycles. The van der Waals surface area contributed by atoms with Crippen LogP contribution in [0.2, 0.25) is 0 Å². The first-order chi connectivity index (χ1) is 15.3. The molecule has 0 aliphatic carbocycles. The summed E-state index contributed by atoms with van der Waals surface area (Å²) in [5.74, 6) is -0.990. The Kier molecular flexibility index (Phi) is 5.57. The van der Waals surface area contributed by atoms with E-state index in [1.54, 1.807) is 19.1 Å². The molecular weight excluding hydrogens is 404 g/mol. The number of carbonyl (C=O) groups excluding carboxylic acids is 3. The maximum Gasteiger partial charge on any atom is 0.344 e. The van der Waals surface area contributed by atoms with Gasteiger partial charge in [0.05, 0.1) is 0 Å². The Morgan fingerprint density at radius 3 is 2.19 bits per heavy atom. The van der Waals surface area contributed by atoms with Gasteiger partial charge in [0.15, 0.2) is 0 Å². The second-order valence-electron chi connectivity index (χ2n) is 8.33. The van der Waals surface area contributed by atoms with Gasteiger partial charge < -0.3 is 9.88 Å². The summed E-state index contributed by atoms with van der Waals surface area (Å²) in [5, 5.41) is 3.50. The third kappa shape index (κ3) is 4.01. The summed E-state index contributed by atoms with van der Waals surface area (Å²) in [5.41, 5.74) is 5.93. The first kappa shape index (κ1) is 21.4. The lowest BCUT2D eigenvalue weighted by Crippen LogP contribution is -2.48. The number of nitrogens with zero attached hydrogens (tertiary/aromatic N) is 2.